The van der Waals surface area contributed by atoms with Crippen molar-refractivity contribution in [2.75, 3.05) is 0 Å². The van der Waals surface area contributed by atoms with Gasteiger partial charge < -0.3 is 10.5 Å². The van der Waals surface area contributed by atoms with E-state index >= 15 is 0 Å². The Morgan fingerprint density at radius 2 is 2.17 bits per heavy atom. The van der Waals surface area contributed by atoms with Crippen LogP contribution in [0.3, 0.4) is 0 Å². The zero-order valence-electron chi connectivity index (χ0n) is 10.6. The lowest BCUT2D eigenvalue weighted by molar-refractivity contribution is 0.299. The van der Waals surface area contributed by atoms with E-state index in [0.717, 1.165) is 29.8 Å². The Kier molecular flexibility index (Phi) is 4.73. The predicted molar refractivity (Wildman–Crippen MR) is 74.8 cm³/mol. The summed E-state index contributed by atoms with van der Waals surface area (Å²) in [4.78, 5) is 4.53. The molecular weight excluding hydrogens is 244 g/mol. The third-order valence-corrected chi connectivity index (χ3v) is 3.59. The molecule has 0 fully saturated rings. The fourth-order valence-electron chi connectivity index (χ4n) is 1.71. The smallest absolute Gasteiger partial charge is 0.131 e. The van der Waals surface area contributed by atoms with Gasteiger partial charge in [0.2, 0.25) is 0 Å². The Balaban J connectivity index is 1.97. The normalized spacial score (nSPS) is 10.6. The summed E-state index contributed by atoms with van der Waals surface area (Å²) in [6.45, 7) is 3.17. The molecule has 1 aromatic heterocycles. The standard InChI is InChI=1S/C14H18N2OS/c1-2-5-14-16-12(10-18-14)9-17-13-7-4-3-6-11(13)8-15/h3-4,6-7,10H,2,5,8-9,15H2,1H3. The van der Waals surface area contributed by atoms with Crippen LogP contribution in [-0.4, -0.2) is 4.98 Å². The monoisotopic (exact) mass is 262 g/mol. The van der Waals surface area contributed by atoms with Crippen molar-refractivity contribution in [1.82, 2.24) is 4.98 Å². The van der Waals surface area contributed by atoms with Crippen LogP contribution in [0.5, 0.6) is 5.75 Å². The minimum atomic E-state index is 0.494. The van der Waals surface area contributed by atoms with E-state index in [1.165, 1.54) is 5.01 Å². The lowest BCUT2D eigenvalue weighted by Crippen LogP contribution is -2.02. The fraction of sp³-hybridized carbons (Fsp3) is 0.357. The second kappa shape index (κ2) is 6.52. The van der Waals surface area contributed by atoms with Crippen molar-refractivity contribution >= 4 is 11.3 Å². The highest BCUT2D eigenvalue weighted by atomic mass is 32.1. The highest BCUT2D eigenvalue weighted by molar-refractivity contribution is 7.09. The van der Waals surface area contributed by atoms with Crippen molar-refractivity contribution in [3.05, 3.63) is 45.9 Å². The number of hydrogen-bond acceptors (Lipinski definition) is 4. The maximum atomic E-state index is 5.77. The van der Waals surface area contributed by atoms with Gasteiger partial charge in [-0.05, 0) is 18.9 Å². The first-order valence-corrected chi connectivity index (χ1v) is 7.05. The molecule has 1 aromatic carbocycles. The summed E-state index contributed by atoms with van der Waals surface area (Å²) in [5.41, 5.74) is 7.69. The van der Waals surface area contributed by atoms with E-state index in [4.69, 9.17) is 10.5 Å². The van der Waals surface area contributed by atoms with E-state index in [2.05, 4.69) is 17.3 Å². The van der Waals surface area contributed by atoms with E-state index in [9.17, 15) is 0 Å². The second-order valence-corrected chi connectivity index (χ2v) is 5.03. The van der Waals surface area contributed by atoms with E-state index in [-0.39, 0.29) is 0 Å². The number of aromatic nitrogens is 1. The number of para-hydroxylation sites is 1. The Morgan fingerprint density at radius 3 is 2.94 bits per heavy atom. The molecule has 0 amide bonds. The summed E-state index contributed by atoms with van der Waals surface area (Å²) in [5.74, 6) is 0.852. The molecule has 0 bridgehead atoms. The van der Waals surface area contributed by atoms with Crippen molar-refractivity contribution in [2.45, 2.75) is 32.9 Å². The molecule has 4 heteroatoms. The maximum absolute atomic E-state index is 5.77. The third-order valence-electron chi connectivity index (χ3n) is 2.63. The van der Waals surface area contributed by atoms with Crippen LogP contribution in [0, 0.1) is 0 Å². The first-order chi connectivity index (χ1) is 8.83. The molecule has 3 nitrogen and oxygen atoms in total. The summed E-state index contributed by atoms with van der Waals surface area (Å²) in [5, 5.41) is 3.25. The van der Waals surface area contributed by atoms with Crippen molar-refractivity contribution in [3.8, 4) is 5.75 Å². The zero-order valence-corrected chi connectivity index (χ0v) is 11.4. The minimum Gasteiger partial charge on any atom is -0.487 e. The minimum absolute atomic E-state index is 0.494. The lowest BCUT2D eigenvalue weighted by Gasteiger charge is -2.08. The van der Waals surface area contributed by atoms with Gasteiger partial charge in [-0.2, -0.15) is 0 Å². The molecule has 18 heavy (non-hydrogen) atoms. The van der Waals surface area contributed by atoms with Crippen molar-refractivity contribution in [2.24, 2.45) is 5.73 Å². The maximum Gasteiger partial charge on any atom is 0.131 e. The zero-order chi connectivity index (χ0) is 12.8. The topological polar surface area (TPSA) is 48.1 Å². The van der Waals surface area contributed by atoms with Gasteiger partial charge in [-0.15, -0.1) is 11.3 Å². The average molecular weight is 262 g/mol. The Bertz CT molecular complexity index is 496. The quantitative estimate of drug-likeness (QED) is 0.870. The third kappa shape index (κ3) is 3.31. The average Bonchev–Trinajstić information content (AvgIpc) is 2.85. The van der Waals surface area contributed by atoms with E-state index in [1.54, 1.807) is 11.3 Å². The first-order valence-electron chi connectivity index (χ1n) is 6.17. The number of thiazole rings is 1. The number of benzene rings is 1. The van der Waals surface area contributed by atoms with Gasteiger partial charge in [0, 0.05) is 17.5 Å². The summed E-state index contributed by atoms with van der Waals surface area (Å²) < 4.78 is 5.77. The van der Waals surface area contributed by atoms with Crippen LogP contribution < -0.4 is 10.5 Å². The highest BCUT2D eigenvalue weighted by Gasteiger charge is 2.04. The molecule has 0 radical (unpaired) electrons. The van der Waals surface area contributed by atoms with Crippen LogP contribution in [0.15, 0.2) is 29.6 Å². The summed E-state index contributed by atoms with van der Waals surface area (Å²) in [7, 11) is 0. The lowest BCUT2D eigenvalue weighted by atomic mass is 10.2. The molecule has 0 spiro atoms. The molecule has 0 aliphatic rings. The highest BCUT2D eigenvalue weighted by Crippen LogP contribution is 2.19. The van der Waals surface area contributed by atoms with Crippen LogP contribution in [-0.2, 0) is 19.6 Å². The van der Waals surface area contributed by atoms with Crippen LogP contribution in [0.1, 0.15) is 29.6 Å². The molecule has 0 atom stereocenters. The van der Waals surface area contributed by atoms with Gasteiger partial charge in [0.25, 0.3) is 0 Å². The van der Waals surface area contributed by atoms with E-state index in [0.29, 0.717) is 13.2 Å². The van der Waals surface area contributed by atoms with Gasteiger partial charge in [-0.25, -0.2) is 4.98 Å². The summed E-state index contributed by atoms with van der Waals surface area (Å²) in [6, 6.07) is 7.86. The largest absolute Gasteiger partial charge is 0.487 e. The van der Waals surface area contributed by atoms with Gasteiger partial charge in [0.05, 0.1) is 10.7 Å². The number of hydrogen-bond donors (Lipinski definition) is 1. The number of aryl methyl sites for hydroxylation is 1. The Hall–Kier alpha value is -1.39. The van der Waals surface area contributed by atoms with Crippen LogP contribution in [0.2, 0.25) is 0 Å². The molecule has 0 aliphatic heterocycles. The second-order valence-electron chi connectivity index (χ2n) is 4.08. The number of ether oxygens (including phenoxy) is 1. The van der Waals surface area contributed by atoms with Gasteiger partial charge in [0.1, 0.15) is 12.4 Å². The van der Waals surface area contributed by atoms with Gasteiger partial charge in [-0.3, -0.25) is 0 Å². The molecule has 0 unspecified atom stereocenters. The van der Waals surface area contributed by atoms with Crippen molar-refractivity contribution in [3.63, 3.8) is 0 Å². The fourth-order valence-corrected chi connectivity index (χ4v) is 2.59. The molecule has 2 aromatic rings. The first kappa shape index (κ1) is 13.1. The van der Waals surface area contributed by atoms with Gasteiger partial charge in [-0.1, -0.05) is 25.1 Å². The molecule has 1 heterocycles. The van der Waals surface area contributed by atoms with Crippen molar-refractivity contribution in [1.29, 1.82) is 0 Å². The Morgan fingerprint density at radius 1 is 1.33 bits per heavy atom. The molecule has 0 saturated carbocycles. The summed E-state index contributed by atoms with van der Waals surface area (Å²) in [6.07, 6.45) is 2.17. The van der Waals surface area contributed by atoms with Crippen molar-refractivity contribution < 1.29 is 4.74 Å². The van der Waals surface area contributed by atoms with E-state index < -0.39 is 0 Å². The van der Waals surface area contributed by atoms with E-state index in [1.807, 2.05) is 24.3 Å². The van der Waals surface area contributed by atoms with Crippen LogP contribution >= 0.6 is 11.3 Å². The molecule has 0 saturated heterocycles. The van der Waals surface area contributed by atoms with Gasteiger partial charge >= 0.3 is 0 Å². The molecule has 96 valence electrons. The SMILES string of the molecule is CCCc1nc(COc2ccccc2CN)cs1. The number of rotatable bonds is 6. The predicted octanol–water partition coefficient (Wildman–Crippen LogP) is 3.13. The van der Waals surface area contributed by atoms with Gasteiger partial charge in [0.15, 0.2) is 0 Å². The molecule has 2 rings (SSSR count). The Labute approximate surface area is 112 Å². The number of nitrogens with two attached hydrogens (primary N) is 1. The molecule has 2 N–H and O–H groups in total. The van der Waals surface area contributed by atoms with Crippen LogP contribution in [0.25, 0.3) is 0 Å². The molecule has 0 aliphatic carbocycles. The summed E-state index contributed by atoms with van der Waals surface area (Å²) >= 11 is 1.70. The van der Waals surface area contributed by atoms with Crippen LogP contribution in [0.4, 0.5) is 0 Å². The number of nitrogens with zero attached hydrogens (tertiary/aromatic N) is 1. The molecular formula is C14H18N2OS.